The van der Waals surface area contributed by atoms with Gasteiger partial charge in [0.2, 0.25) is 0 Å². The minimum absolute atomic E-state index is 0.0607. The zero-order valence-electron chi connectivity index (χ0n) is 9.28. The van der Waals surface area contributed by atoms with Crippen LogP contribution >= 0.6 is 0 Å². The van der Waals surface area contributed by atoms with E-state index in [0.29, 0.717) is 18.8 Å². The van der Waals surface area contributed by atoms with Gasteiger partial charge in [-0.25, -0.2) is 4.39 Å². The summed E-state index contributed by atoms with van der Waals surface area (Å²) in [7, 11) is 0. The monoisotopic (exact) mass is 225 g/mol. The van der Waals surface area contributed by atoms with Crippen molar-refractivity contribution in [1.82, 2.24) is 0 Å². The van der Waals surface area contributed by atoms with Crippen LogP contribution in [0, 0.1) is 5.82 Å². The maximum Gasteiger partial charge on any atom is 0.165 e. The summed E-state index contributed by atoms with van der Waals surface area (Å²) in [6.07, 6.45) is 0.738. The van der Waals surface area contributed by atoms with Crippen molar-refractivity contribution in [3.8, 4) is 5.75 Å². The molecule has 4 heteroatoms. The van der Waals surface area contributed by atoms with Crippen molar-refractivity contribution in [2.45, 2.75) is 25.5 Å². The number of para-hydroxylation sites is 1. The molecule has 1 aromatic carbocycles. The fraction of sp³-hybridized carbons (Fsp3) is 0.500. The van der Waals surface area contributed by atoms with Gasteiger partial charge < -0.3 is 15.2 Å². The minimum atomic E-state index is -0.360. The molecule has 0 radical (unpaired) electrons. The van der Waals surface area contributed by atoms with Crippen LogP contribution in [0.3, 0.4) is 0 Å². The van der Waals surface area contributed by atoms with Gasteiger partial charge in [0.1, 0.15) is 6.10 Å². The van der Waals surface area contributed by atoms with Gasteiger partial charge in [0, 0.05) is 18.0 Å². The molecule has 1 saturated heterocycles. The molecule has 0 aliphatic carbocycles. The molecule has 0 aromatic heterocycles. The molecule has 0 amide bonds. The molecule has 16 heavy (non-hydrogen) atoms. The summed E-state index contributed by atoms with van der Waals surface area (Å²) in [4.78, 5) is 0. The van der Waals surface area contributed by atoms with Crippen LogP contribution in [0.15, 0.2) is 18.2 Å². The molecular weight excluding hydrogens is 209 g/mol. The van der Waals surface area contributed by atoms with Crippen molar-refractivity contribution in [3.63, 3.8) is 0 Å². The second kappa shape index (κ2) is 4.80. The van der Waals surface area contributed by atoms with E-state index >= 15 is 0 Å². The van der Waals surface area contributed by atoms with Crippen LogP contribution in [0.5, 0.6) is 5.75 Å². The number of rotatable bonds is 3. The Morgan fingerprint density at radius 1 is 1.56 bits per heavy atom. The lowest BCUT2D eigenvalue weighted by Gasteiger charge is -2.17. The van der Waals surface area contributed by atoms with Crippen molar-refractivity contribution in [2.24, 2.45) is 5.73 Å². The van der Waals surface area contributed by atoms with Gasteiger partial charge in [-0.05, 0) is 13.0 Å². The second-order valence-corrected chi connectivity index (χ2v) is 4.05. The number of hydrogen-bond donors (Lipinski definition) is 1. The molecule has 3 nitrogen and oxygen atoms in total. The van der Waals surface area contributed by atoms with Gasteiger partial charge in [0.25, 0.3) is 0 Å². The summed E-state index contributed by atoms with van der Waals surface area (Å²) >= 11 is 0. The zero-order valence-corrected chi connectivity index (χ0v) is 9.28. The van der Waals surface area contributed by atoms with Crippen molar-refractivity contribution in [1.29, 1.82) is 0 Å². The van der Waals surface area contributed by atoms with Crippen molar-refractivity contribution < 1.29 is 13.9 Å². The maximum atomic E-state index is 13.6. The molecule has 2 N–H and O–H groups in total. The van der Waals surface area contributed by atoms with Crippen LogP contribution in [0.25, 0.3) is 0 Å². The number of benzene rings is 1. The van der Waals surface area contributed by atoms with E-state index in [1.807, 2.05) is 6.92 Å². The highest BCUT2D eigenvalue weighted by Crippen LogP contribution is 2.29. The Kier molecular flexibility index (Phi) is 3.41. The Labute approximate surface area is 94.3 Å². The molecule has 2 atom stereocenters. The largest absolute Gasteiger partial charge is 0.485 e. The van der Waals surface area contributed by atoms with E-state index in [2.05, 4.69) is 0 Å². The Bertz CT molecular complexity index is 362. The number of nitrogens with two attached hydrogens (primary N) is 1. The number of ether oxygens (including phenoxy) is 2. The van der Waals surface area contributed by atoms with Gasteiger partial charge in [0.15, 0.2) is 11.6 Å². The van der Waals surface area contributed by atoms with Gasteiger partial charge in [-0.3, -0.25) is 0 Å². The summed E-state index contributed by atoms with van der Waals surface area (Å²) in [6.45, 7) is 3.01. The molecular formula is C12H16FNO2. The lowest BCUT2D eigenvalue weighted by molar-refractivity contribution is 0.137. The summed E-state index contributed by atoms with van der Waals surface area (Å²) in [6, 6.07) is 4.58. The summed E-state index contributed by atoms with van der Waals surface area (Å²) in [5.41, 5.74) is 6.48. The second-order valence-electron chi connectivity index (χ2n) is 4.05. The summed E-state index contributed by atoms with van der Waals surface area (Å²) < 4.78 is 24.5. The molecule has 1 fully saturated rings. The van der Waals surface area contributed by atoms with Gasteiger partial charge in [-0.15, -0.1) is 0 Å². The summed E-state index contributed by atoms with van der Waals surface area (Å²) in [5.74, 6) is -0.0882. The van der Waals surface area contributed by atoms with E-state index in [-0.39, 0.29) is 23.7 Å². The first-order chi connectivity index (χ1) is 7.68. The highest BCUT2D eigenvalue weighted by Gasteiger charge is 2.21. The van der Waals surface area contributed by atoms with Crippen LogP contribution in [0.2, 0.25) is 0 Å². The fourth-order valence-corrected chi connectivity index (χ4v) is 1.78. The quantitative estimate of drug-likeness (QED) is 0.855. The van der Waals surface area contributed by atoms with E-state index in [4.69, 9.17) is 15.2 Å². The highest BCUT2D eigenvalue weighted by atomic mass is 19.1. The van der Waals surface area contributed by atoms with E-state index in [0.717, 1.165) is 6.42 Å². The van der Waals surface area contributed by atoms with Gasteiger partial charge in [-0.1, -0.05) is 12.1 Å². The van der Waals surface area contributed by atoms with E-state index in [1.54, 1.807) is 12.1 Å². The minimum Gasteiger partial charge on any atom is -0.485 e. The number of halogens is 1. The van der Waals surface area contributed by atoms with Crippen LogP contribution in [-0.4, -0.2) is 19.3 Å². The molecule has 2 rings (SSSR count). The predicted molar refractivity (Wildman–Crippen MR) is 58.9 cm³/mol. The van der Waals surface area contributed by atoms with Gasteiger partial charge >= 0.3 is 0 Å². The van der Waals surface area contributed by atoms with Crippen LogP contribution in [0.1, 0.15) is 24.9 Å². The van der Waals surface area contributed by atoms with Crippen LogP contribution < -0.4 is 10.5 Å². The van der Waals surface area contributed by atoms with Crippen molar-refractivity contribution in [2.75, 3.05) is 13.2 Å². The third-order valence-electron chi connectivity index (χ3n) is 2.66. The Morgan fingerprint density at radius 2 is 2.38 bits per heavy atom. The van der Waals surface area contributed by atoms with Crippen molar-refractivity contribution >= 4 is 0 Å². The normalized spacial score (nSPS) is 22.1. The smallest absolute Gasteiger partial charge is 0.165 e. The standard InChI is InChI=1S/C12H16FNO2/c1-8(14)10-3-2-4-11(13)12(10)16-9-5-6-15-7-9/h2-4,8-9H,5-7,14H2,1H3. The lowest BCUT2D eigenvalue weighted by Crippen LogP contribution is -2.19. The molecule has 0 bridgehead atoms. The first-order valence-corrected chi connectivity index (χ1v) is 5.47. The van der Waals surface area contributed by atoms with Crippen LogP contribution in [0.4, 0.5) is 4.39 Å². The average Bonchev–Trinajstić information content (AvgIpc) is 2.73. The molecule has 1 aliphatic rings. The maximum absolute atomic E-state index is 13.6. The third kappa shape index (κ3) is 2.33. The molecule has 1 aromatic rings. The molecule has 88 valence electrons. The van der Waals surface area contributed by atoms with E-state index in [1.165, 1.54) is 6.07 Å². The third-order valence-corrected chi connectivity index (χ3v) is 2.66. The van der Waals surface area contributed by atoms with Crippen molar-refractivity contribution in [3.05, 3.63) is 29.6 Å². The number of hydrogen-bond acceptors (Lipinski definition) is 3. The van der Waals surface area contributed by atoms with E-state index < -0.39 is 0 Å². The Balaban J connectivity index is 2.23. The average molecular weight is 225 g/mol. The topological polar surface area (TPSA) is 44.5 Å². The molecule has 0 saturated carbocycles. The lowest BCUT2D eigenvalue weighted by atomic mass is 10.1. The van der Waals surface area contributed by atoms with Gasteiger partial charge in [0.05, 0.1) is 13.2 Å². The summed E-state index contributed by atoms with van der Waals surface area (Å²) in [5, 5.41) is 0. The Hall–Kier alpha value is -1.13. The first-order valence-electron chi connectivity index (χ1n) is 5.47. The molecule has 0 spiro atoms. The SMILES string of the molecule is CC(N)c1cccc(F)c1OC1CCOC1. The first kappa shape index (κ1) is 11.4. The molecule has 1 heterocycles. The predicted octanol–water partition coefficient (Wildman–Crippen LogP) is 2.01. The van der Waals surface area contributed by atoms with Crippen LogP contribution in [-0.2, 0) is 4.74 Å². The molecule has 2 unspecified atom stereocenters. The molecule has 1 aliphatic heterocycles. The fourth-order valence-electron chi connectivity index (χ4n) is 1.78. The zero-order chi connectivity index (χ0) is 11.5. The van der Waals surface area contributed by atoms with Gasteiger partial charge in [-0.2, -0.15) is 0 Å². The van der Waals surface area contributed by atoms with E-state index in [9.17, 15) is 4.39 Å². The highest BCUT2D eigenvalue weighted by molar-refractivity contribution is 5.37. The Morgan fingerprint density at radius 3 is 3.00 bits per heavy atom.